The Hall–Kier alpha value is -3.93. The molecule has 1 N–H and O–H groups in total. The van der Waals surface area contributed by atoms with Crippen molar-refractivity contribution in [2.45, 2.75) is 19.1 Å². The summed E-state index contributed by atoms with van der Waals surface area (Å²) in [7, 11) is 0. The predicted octanol–water partition coefficient (Wildman–Crippen LogP) is 4.60. The normalized spacial score (nSPS) is 16.6. The van der Waals surface area contributed by atoms with Gasteiger partial charge in [0.1, 0.15) is 11.9 Å². The van der Waals surface area contributed by atoms with E-state index in [1.54, 1.807) is 11.0 Å². The van der Waals surface area contributed by atoms with Crippen molar-refractivity contribution >= 4 is 11.6 Å². The first-order valence-corrected chi connectivity index (χ1v) is 9.93. The summed E-state index contributed by atoms with van der Waals surface area (Å²) in [6.45, 7) is 2.04. The van der Waals surface area contributed by atoms with Gasteiger partial charge < -0.3 is 10.2 Å². The third-order valence-electron chi connectivity index (χ3n) is 5.44. The zero-order valence-corrected chi connectivity index (χ0v) is 16.5. The van der Waals surface area contributed by atoms with E-state index in [1.165, 1.54) is 0 Å². The Balaban J connectivity index is 1.58. The lowest BCUT2D eigenvalue weighted by Gasteiger charge is -2.40. The summed E-state index contributed by atoms with van der Waals surface area (Å²) < 4.78 is 0. The van der Waals surface area contributed by atoms with E-state index in [0.717, 1.165) is 16.9 Å². The quantitative estimate of drug-likeness (QED) is 0.549. The Morgan fingerprint density at radius 1 is 0.900 bits per heavy atom. The number of fused-ring (bicyclic) bond motifs is 1. The number of nitrogens with one attached hydrogen (secondary N) is 1. The van der Waals surface area contributed by atoms with Crippen LogP contribution >= 0.6 is 0 Å². The number of aromatic nitrogens is 3. The Morgan fingerprint density at radius 2 is 1.57 bits per heavy atom. The molecule has 6 nitrogen and oxygen atoms in total. The van der Waals surface area contributed by atoms with Crippen LogP contribution in [0.15, 0.2) is 91.1 Å². The SMILES string of the molecule is CC(c1ccccc1)N1C(=O)c2ccccc2NC1c1cnn(-c2ccccc2)n1. The van der Waals surface area contributed by atoms with E-state index in [0.29, 0.717) is 11.3 Å². The fourth-order valence-corrected chi connectivity index (χ4v) is 3.86. The molecule has 3 aromatic carbocycles. The summed E-state index contributed by atoms with van der Waals surface area (Å²) in [6, 6.07) is 27.2. The van der Waals surface area contributed by atoms with E-state index in [-0.39, 0.29) is 11.9 Å². The highest BCUT2D eigenvalue weighted by Crippen LogP contribution is 2.38. The minimum atomic E-state index is -0.430. The lowest BCUT2D eigenvalue weighted by Crippen LogP contribution is -2.44. The maximum atomic E-state index is 13.5. The Labute approximate surface area is 174 Å². The molecule has 0 saturated heterocycles. The summed E-state index contributed by atoms with van der Waals surface area (Å²) in [5, 5.41) is 12.6. The average Bonchev–Trinajstić information content (AvgIpc) is 3.30. The molecule has 0 fully saturated rings. The van der Waals surface area contributed by atoms with Crippen LogP contribution in [0.2, 0.25) is 0 Å². The number of nitrogens with zero attached hydrogens (tertiary/aromatic N) is 4. The van der Waals surface area contributed by atoms with Crippen LogP contribution < -0.4 is 5.32 Å². The van der Waals surface area contributed by atoms with Gasteiger partial charge in [-0.3, -0.25) is 4.79 Å². The smallest absolute Gasteiger partial charge is 0.258 e. The third kappa shape index (κ3) is 3.12. The zero-order valence-electron chi connectivity index (χ0n) is 16.5. The van der Waals surface area contributed by atoms with Crippen molar-refractivity contribution in [1.82, 2.24) is 19.9 Å². The third-order valence-corrected chi connectivity index (χ3v) is 5.44. The molecule has 4 aromatic rings. The van der Waals surface area contributed by atoms with Crippen LogP contribution in [0, 0.1) is 0 Å². The Kier molecular flexibility index (Phi) is 4.52. The van der Waals surface area contributed by atoms with Gasteiger partial charge in [0.05, 0.1) is 23.5 Å². The van der Waals surface area contributed by atoms with E-state index >= 15 is 0 Å². The molecule has 0 bridgehead atoms. The fourth-order valence-electron chi connectivity index (χ4n) is 3.86. The summed E-state index contributed by atoms with van der Waals surface area (Å²) in [6.07, 6.45) is 1.29. The molecule has 1 aliphatic rings. The molecule has 2 heterocycles. The van der Waals surface area contributed by atoms with Crippen molar-refractivity contribution in [1.29, 1.82) is 0 Å². The van der Waals surface area contributed by atoms with Crippen molar-refractivity contribution in [3.05, 3.63) is 108 Å². The van der Waals surface area contributed by atoms with Gasteiger partial charge in [0.2, 0.25) is 0 Å². The van der Waals surface area contributed by atoms with Gasteiger partial charge >= 0.3 is 0 Å². The number of carbonyl (C=O) groups excluding carboxylic acids is 1. The molecular formula is C24H21N5O. The van der Waals surface area contributed by atoms with Gasteiger partial charge in [-0.2, -0.15) is 9.90 Å². The Bertz CT molecular complexity index is 1170. The zero-order chi connectivity index (χ0) is 20.5. The molecule has 1 aliphatic heterocycles. The summed E-state index contributed by atoms with van der Waals surface area (Å²) in [5.41, 5.74) is 4.08. The molecule has 0 saturated carbocycles. The number of hydrogen-bond acceptors (Lipinski definition) is 4. The van der Waals surface area contributed by atoms with Crippen LogP contribution in [0.1, 0.15) is 40.7 Å². The van der Waals surface area contributed by atoms with Crippen molar-refractivity contribution in [2.75, 3.05) is 5.32 Å². The molecule has 2 unspecified atom stereocenters. The average molecular weight is 395 g/mol. The summed E-state index contributed by atoms with van der Waals surface area (Å²) >= 11 is 0. The number of anilines is 1. The van der Waals surface area contributed by atoms with E-state index in [2.05, 4.69) is 15.5 Å². The molecule has 148 valence electrons. The number of carbonyl (C=O) groups is 1. The van der Waals surface area contributed by atoms with Gasteiger partial charge in [0.15, 0.2) is 0 Å². The van der Waals surface area contributed by atoms with Crippen LogP contribution in [0.25, 0.3) is 5.69 Å². The van der Waals surface area contributed by atoms with Crippen molar-refractivity contribution in [3.8, 4) is 5.69 Å². The standard InChI is InChI=1S/C24H21N5O/c1-17(18-10-4-2-5-11-18)28-23(26-21-15-9-8-14-20(21)24(28)30)22-16-25-29(27-22)19-12-6-3-7-13-19/h2-17,23,26H,1H3. The van der Waals surface area contributed by atoms with Gasteiger partial charge in [-0.15, -0.1) is 5.10 Å². The highest BCUT2D eigenvalue weighted by atomic mass is 16.2. The van der Waals surface area contributed by atoms with Crippen LogP contribution in [-0.4, -0.2) is 25.8 Å². The van der Waals surface area contributed by atoms with E-state index in [9.17, 15) is 4.79 Å². The Morgan fingerprint density at radius 3 is 2.33 bits per heavy atom. The second-order valence-electron chi connectivity index (χ2n) is 7.29. The van der Waals surface area contributed by atoms with E-state index in [1.807, 2.05) is 96.8 Å². The van der Waals surface area contributed by atoms with Crippen LogP contribution in [0.4, 0.5) is 5.69 Å². The maximum absolute atomic E-state index is 13.5. The van der Waals surface area contributed by atoms with Crippen LogP contribution in [0.3, 0.4) is 0 Å². The highest BCUT2D eigenvalue weighted by Gasteiger charge is 2.37. The molecule has 2 atom stereocenters. The molecule has 30 heavy (non-hydrogen) atoms. The van der Waals surface area contributed by atoms with Crippen LogP contribution in [0.5, 0.6) is 0 Å². The largest absolute Gasteiger partial charge is 0.359 e. The van der Waals surface area contributed by atoms with Gasteiger partial charge in [-0.25, -0.2) is 0 Å². The second kappa shape index (κ2) is 7.48. The van der Waals surface area contributed by atoms with Crippen molar-refractivity contribution < 1.29 is 4.79 Å². The minimum absolute atomic E-state index is 0.0278. The highest BCUT2D eigenvalue weighted by molar-refractivity contribution is 6.01. The van der Waals surface area contributed by atoms with Gasteiger partial charge in [-0.1, -0.05) is 60.7 Å². The molecular weight excluding hydrogens is 374 g/mol. The number of amides is 1. The summed E-state index contributed by atoms with van der Waals surface area (Å²) in [4.78, 5) is 17.0. The number of rotatable bonds is 4. The van der Waals surface area contributed by atoms with Gasteiger partial charge in [-0.05, 0) is 36.8 Å². The first-order chi connectivity index (χ1) is 14.7. The van der Waals surface area contributed by atoms with Gasteiger partial charge in [0, 0.05) is 5.69 Å². The molecule has 0 spiro atoms. The van der Waals surface area contributed by atoms with Gasteiger partial charge in [0.25, 0.3) is 5.91 Å². The maximum Gasteiger partial charge on any atom is 0.258 e. The predicted molar refractivity (Wildman–Crippen MR) is 115 cm³/mol. The topological polar surface area (TPSA) is 63.1 Å². The molecule has 1 amide bonds. The lowest BCUT2D eigenvalue weighted by molar-refractivity contribution is 0.0591. The molecule has 6 heteroatoms. The number of para-hydroxylation sites is 2. The van der Waals surface area contributed by atoms with E-state index in [4.69, 9.17) is 0 Å². The van der Waals surface area contributed by atoms with E-state index < -0.39 is 6.17 Å². The summed E-state index contributed by atoms with van der Waals surface area (Å²) in [5.74, 6) is -0.0278. The minimum Gasteiger partial charge on any atom is -0.359 e. The molecule has 5 rings (SSSR count). The lowest BCUT2D eigenvalue weighted by atomic mass is 10.0. The number of benzene rings is 3. The van der Waals surface area contributed by atoms with Crippen molar-refractivity contribution in [2.24, 2.45) is 0 Å². The first-order valence-electron chi connectivity index (χ1n) is 9.93. The molecule has 0 aliphatic carbocycles. The fraction of sp³-hybridized carbons (Fsp3) is 0.125. The number of hydrogen-bond donors (Lipinski definition) is 1. The second-order valence-corrected chi connectivity index (χ2v) is 7.29. The van der Waals surface area contributed by atoms with Crippen molar-refractivity contribution in [3.63, 3.8) is 0 Å². The first kappa shape index (κ1) is 18.1. The monoisotopic (exact) mass is 395 g/mol. The van der Waals surface area contributed by atoms with Crippen LogP contribution in [-0.2, 0) is 0 Å². The molecule has 0 radical (unpaired) electrons. The molecule has 1 aromatic heterocycles.